The zero-order valence-corrected chi connectivity index (χ0v) is 18.1. The smallest absolute Gasteiger partial charge is 0.263 e. The summed E-state index contributed by atoms with van der Waals surface area (Å²) in [5.74, 6) is -0.432. The van der Waals surface area contributed by atoms with Gasteiger partial charge in [0.15, 0.2) is 6.61 Å². The molecule has 0 saturated heterocycles. The molecular formula is C21H23ClFN3O3S. The van der Waals surface area contributed by atoms with Gasteiger partial charge in [0.1, 0.15) is 16.4 Å². The summed E-state index contributed by atoms with van der Waals surface area (Å²) >= 11 is 6.85. The number of hydrogen-bond acceptors (Lipinski definition) is 5. The van der Waals surface area contributed by atoms with Crippen molar-refractivity contribution >= 4 is 34.9 Å². The van der Waals surface area contributed by atoms with Crippen LogP contribution in [0.5, 0.6) is 5.75 Å². The lowest BCUT2D eigenvalue weighted by molar-refractivity contribution is -0.128. The van der Waals surface area contributed by atoms with E-state index >= 15 is 0 Å². The quantitative estimate of drug-likeness (QED) is 0.696. The van der Waals surface area contributed by atoms with Crippen LogP contribution in [0.25, 0.3) is 0 Å². The van der Waals surface area contributed by atoms with E-state index in [1.807, 2.05) is 0 Å². The fourth-order valence-electron chi connectivity index (χ4n) is 4.74. The zero-order chi connectivity index (χ0) is 21.4. The van der Waals surface area contributed by atoms with E-state index in [4.69, 9.17) is 16.3 Å². The Labute approximate surface area is 183 Å². The summed E-state index contributed by atoms with van der Waals surface area (Å²) in [6.45, 7) is 1.92. The minimum absolute atomic E-state index is 0.00911. The SMILES string of the molecule is C[C@H]1CC2(NC(=O)c3ccns3)CCC1(NC(=O)COc1ccc(Cl)c(F)c1)CC2. The third kappa shape index (κ3) is 4.16. The van der Waals surface area contributed by atoms with E-state index in [1.165, 1.54) is 23.7 Å². The summed E-state index contributed by atoms with van der Waals surface area (Å²) < 4.78 is 22.9. The lowest BCUT2D eigenvalue weighted by Crippen LogP contribution is -2.67. The maximum absolute atomic E-state index is 13.5. The Morgan fingerprint density at radius 1 is 1.27 bits per heavy atom. The van der Waals surface area contributed by atoms with Crippen LogP contribution in [0, 0.1) is 11.7 Å². The highest BCUT2D eigenvalue weighted by Crippen LogP contribution is 2.50. The molecule has 2 N–H and O–H groups in total. The second kappa shape index (κ2) is 8.15. The van der Waals surface area contributed by atoms with E-state index in [2.05, 4.69) is 21.9 Å². The van der Waals surface area contributed by atoms with Crippen molar-refractivity contribution in [3.63, 3.8) is 0 Å². The molecule has 1 atom stereocenters. The molecule has 0 unspecified atom stereocenters. The molecule has 6 nitrogen and oxygen atoms in total. The van der Waals surface area contributed by atoms with Gasteiger partial charge in [0.2, 0.25) is 0 Å². The van der Waals surface area contributed by atoms with Crippen molar-refractivity contribution in [3.8, 4) is 5.75 Å². The van der Waals surface area contributed by atoms with Crippen molar-refractivity contribution in [3.05, 3.63) is 46.2 Å². The molecular weight excluding hydrogens is 429 g/mol. The molecule has 160 valence electrons. The van der Waals surface area contributed by atoms with Crippen LogP contribution < -0.4 is 15.4 Å². The van der Waals surface area contributed by atoms with Gasteiger partial charge in [0, 0.05) is 23.3 Å². The first kappa shape index (κ1) is 21.1. The van der Waals surface area contributed by atoms with E-state index in [-0.39, 0.29) is 46.2 Å². The van der Waals surface area contributed by atoms with E-state index in [1.54, 1.807) is 12.3 Å². The fraction of sp³-hybridized carbons (Fsp3) is 0.476. The molecule has 9 heteroatoms. The van der Waals surface area contributed by atoms with Crippen LogP contribution in [-0.2, 0) is 4.79 Å². The van der Waals surface area contributed by atoms with E-state index < -0.39 is 5.82 Å². The van der Waals surface area contributed by atoms with Crippen LogP contribution in [0.1, 0.15) is 48.7 Å². The van der Waals surface area contributed by atoms with Gasteiger partial charge >= 0.3 is 0 Å². The first-order chi connectivity index (χ1) is 14.3. The molecule has 0 aliphatic heterocycles. The van der Waals surface area contributed by atoms with Crippen LogP contribution in [0.4, 0.5) is 4.39 Å². The number of ether oxygens (including phenoxy) is 1. The zero-order valence-electron chi connectivity index (χ0n) is 16.5. The van der Waals surface area contributed by atoms with Gasteiger partial charge < -0.3 is 15.4 Å². The minimum atomic E-state index is -0.585. The first-order valence-corrected chi connectivity index (χ1v) is 11.1. The molecule has 3 aliphatic carbocycles. The molecule has 3 saturated carbocycles. The van der Waals surface area contributed by atoms with Gasteiger partial charge in [0.25, 0.3) is 11.8 Å². The first-order valence-electron chi connectivity index (χ1n) is 9.93. The molecule has 1 aromatic heterocycles. The van der Waals surface area contributed by atoms with E-state index in [0.717, 1.165) is 38.2 Å². The lowest BCUT2D eigenvalue weighted by atomic mass is 9.56. The third-order valence-corrected chi connectivity index (χ3v) is 7.48. The number of amides is 2. The summed E-state index contributed by atoms with van der Waals surface area (Å²) in [7, 11) is 0. The molecule has 3 fully saturated rings. The number of rotatable bonds is 6. The van der Waals surface area contributed by atoms with Gasteiger partial charge in [-0.15, -0.1) is 0 Å². The Bertz CT molecular complexity index is 945. The molecule has 3 aliphatic rings. The largest absolute Gasteiger partial charge is 0.484 e. The van der Waals surface area contributed by atoms with Gasteiger partial charge in [-0.1, -0.05) is 18.5 Å². The standard InChI is InChI=1S/C21H23ClFN3O3S/c1-13-11-20(26-19(28)17-4-9-24-30-17)5-7-21(13,8-6-20)25-18(27)12-29-14-2-3-15(22)16(23)10-14/h2-4,9-10,13H,5-8,11-12H2,1H3,(H,25,27)(H,26,28)/t13-,20?,21?/m0/s1. The summed E-state index contributed by atoms with van der Waals surface area (Å²) in [6.07, 6.45) is 5.64. The van der Waals surface area contributed by atoms with Crippen LogP contribution in [-0.4, -0.2) is 33.9 Å². The van der Waals surface area contributed by atoms with Gasteiger partial charge in [-0.25, -0.2) is 8.76 Å². The number of nitrogens with zero attached hydrogens (tertiary/aromatic N) is 1. The lowest BCUT2D eigenvalue weighted by Gasteiger charge is -2.57. The number of nitrogens with one attached hydrogen (secondary N) is 2. The summed E-state index contributed by atoms with van der Waals surface area (Å²) in [5.41, 5.74) is -0.535. The number of aromatic nitrogens is 1. The van der Waals surface area contributed by atoms with Crippen LogP contribution in [0.3, 0.4) is 0 Å². The average molecular weight is 452 g/mol. The Morgan fingerprint density at radius 2 is 2.03 bits per heavy atom. The highest BCUT2D eigenvalue weighted by Gasteiger charge is 2.54. The Kier molecular flexibility index (Phi) is 5.72. The van der Waals surface area contributed by atoms with E-state index in [9.17, 15) is 14.0 Å². The van der Waals surface area contributed by atoms with Crippen molar-refractivity contribution < 1.29 is 18.7 Å². The highest BCUT2D eigenvalue weighted by atomic mass is 35.5. The number of halogens is 2. The van der Waals surface area contributed by atoms with Gasteiger partial charge in [0.05, 0.1) is 5.02 Å². The third-order valence-electron chi connectivity index (χ3n) is 6.43. The Hall–Kier alpha value is -2.19. The van der Waals surface area contributed by atoms with Crippen molar-refractivity contribution in [2.45, 2.75) is 50.1 Å². The summed E-state index contributed by atoms with van der Waals surface area (Å²) in [4.78, 5) is 25.7. The molecule has 5 rings (SSSR count). The summed E-state index contributed by atoms with van der Waals surface area (Å²) in [6, 6.07) is 5.81. The molecule has 2 aromatic rings. The van der Waals surface area contributed by atoms with Crippen LogP contribution in [0.2, 0.25) is 5.02 Å². The predicted octanol–water partition coefficient (Wildman–Crippen LogP) is 3.95. The topological polar surface area (TPSA) is 80.3 Å². The van der Waals surface area contributed by atoms with Gasteiger partial charge in [-0.05, 0) is 67.8 Å². The molecule has 30 heavy (non-hydrogen) atoms. The number of carbonyl (C=O) groups excluding carboxylic acids is 2. The molecule has 2 amide bonds. The molecule has 0 spiro atoms. The van der Waals surface area contributed by atoms with Crippen molar-refractivity contribution in [2.24, 2.45) is 5.92 Å². The highest BCUT2D eigenvalue weighted by molar-refractivity contribution is 7.08. The van der Waals surface area contributed by atoms with Crippen molar-refractivity contribution in [1.29, 1.82) is 0 Å². The Balaban J connectivity index is 1.34. The maximum atomic E-state index is 13.5. The monoisotopic (exact) mass is 451 g/mol. The second-order valence-corrected chi connectivity index (χ2v) is 9.53. The normalized spacial score (nSPS) is 27.5. The van der Waals surface area contributed by atoms with Crippen molar-refractivity contribution in [1.82, 2.24) is 15.0 Å². The van der Waals surface area contributed by atoms with Gasteiger partial charge in [-0.3, -0.25) is 9.59 Å². The number of carbonyl (C=O) groups is 2. The Morgan fingerprint density at radius 3 is 2.67 bits per heavy atom. The van der Waals surface area contributed by atoms with Crippen molar-refractivity contribution in [2.75, 3.05) is 6.61 Å². The predicted molar refractivity (Wildman–Crippen MR) is 112 cm³/mol. The molecule has 1 aromatic carbocycles. The van der Waals surface area contributed by atoms with Crippen LogP contribution in [0.15, 0.2) is 30.5 Å². The second-order valence-electron chi connectivity index (χ2n) is 8.29. The summed E-state index contributed by atoms with van der Waals surface area (Å²) in [5, 5.41) is 6.40. The average Bonchev–Trinajstić information content (AvgIpc) is 3.25. The molecule has 0 radical (unpaired) electrons. The fourth-order valence-corrected chi connectivity index (χ4v) is 5.35. The minimum Gasteiger partial charge on any atom is -0.484 e. The van der Waals surface area contributed by atoms with Gasteiger partial charge in [-0.2, -0.15) is 0 Å². The molecule has 2 bridgehead atoms. The number of fused-ring (bicyclic) bond motifs is 3. The number of hydrogen-bond donors (Lipinski definition) is 2. The van der Waals surface area contributed by atoms with E-state index in [0.29, 0.717) is 4.88 Å². The maximum Gasteiger partial charge on any atom is 0.263 e. The molecule has 1 heterocycles. The van der Waals surface area contributed by atoms with Crippen LogP contribution >= 0.6 is 23.1 Å². The number of benzene rings is 1.